The average Bonchev–Trinajstić information content (AvgIpc) is 3.81. The lowest BCUT2D eigenvalue weighted by Crippen LogP contribution is -2.39. The summed E-state index contributed by atoms with van der Waals surface area (Å²) in [5, 5.41) is 13.0. The standard InChI is InChI=1S/C32H36N2O4/c35-22-30(25-9-3-1-4-10-25)33-31(36)29-14-8-7-13-28(29)24-17-15-23(16-18-24)21-34(26-19-20-26)32(37)38-27-11-5-2-6-12-27/h1-6,9-12,15-18,26,28-30,35H,7-8,13-14,19-22H2,(H,33,36). The van der Waals surface area contributed by atoms with Gasteiger partial charge in [0.15, 0.2) is 0 Å². The van der Waals surface area contributed by atoms with Gasteiger partial charge >= 0.3 is 6.09 Å². The van der Waals surface area contributed by atoms with E-state index in [0.29, 0.717) is 12.3 Å². The monoisotopic (exact) mass is 512 g/mol. The van der Waals surface area contributed by atoms with Crippen LogP contribution in [0.5, 0.6) is 5.75 Å². The Hall–Kier alpha value is -3.64. The van der Waals surface area contributed by atoms with Gasteiger partial charge in [-0.3, -0.25) is 4.79 Å². The van der Waals surface area contributed by atoms with Crippen molar-refractivity contribution < 1.29 is 19.4 Å². The Morgan fingerprint density at radius 2 is 1.53 bits per heavy atom. The number of rotatable bonds is 9. The maximum Gasteiger partial charge on any atom is 0.415 e. The van der Waals surface area contributed by atoms with E-state index in [1.165, 1.54) is 0 Å². The Balaban J connectivity index is 1.25. The largest absolute Gasteiger partial charge is 0.415 e. The zero-order chi connectivity index (χ0) is 26.3. The highest BCUT2D eigenvalue weighted by Gasteiger charge is 2.35. The van der Waals surface area contributed by atoms with Crippen LogP contribution in [0.1, 0.15) is 67.2 Å². The first-order valence-electron chi connectivity index (χ1n) is 13.7. The Morgan fingerprint density at radius 1 is 0.868 bits per heavy atom. The molecule has 6 nitrogen and oxygen atoms in total. The van der Waals surface area contributed by atoms with Crippen molar-refractivity contribution in [3.8, 4) is 5.75 Å². The van der Waals surface area contributed by atoms with Crippen LogP contribution in [-0.4, -0.2) is 34.7 Å². The average molecular weight is 513 g/mol. The number of benzene rings is 3. The van der Waals surface area contributed by atoms with E-state index >= 15 is 0 Å². The first-order chi connectivity index (χ1) is 18.6. The van der Waals surface area contributed by atoms with Crippen LogP contribution in [0.25, 0.3) is 0 Å². The lowest BCUT2D eigenvalue weighted by molar-refractivity contribution is -0.127. The zero-order valence-corrected chi connectivity index (χ0v) is 21.7. The fraction of sp³-hybridized carbons (Fsp3) is 0.375. The van der Waals surface area contributed by atoms with E-state index in [-0.39, 0.29) is 36.5 Å². The summed E-state index contributed by atoms with van der Waals surface area (Å²) in [4.78, 5) is 28.1. The minimum atomic E-state index is -0.405. The third-order valence-electron chi connectivity index (χ3n) is 7.74. The van der Waals surface area contributed by atoms with Gasteiger partial charge in [0.2, 0.25) is 5.91 Å². The van der Waals surface area contributed by atoms with Crippen LogP contribution in [-0.2, 0) is 11.3 Å². The first-order valence-corrected chi connectivity index (χ1v) is 13.7. The number of nitrogens with zero attached hydrogens (tertiary/aromatic N) is 1. The van der Waals surface area contributed by atoms with Crippen molar-refractivity contribution in [2.75, 3.05) is 6.61 Å². The molecule has 3 aromatic carbocycles. The normalized spacial score (nSPS) is 19.8. The lowest BCUT2D eigenvalue weighted by atomic mass is 9.74. The number of amides is 2. The molecule has 0 bridgehead atoms. The van der Waals surface area contributed by atoms with Gasteiger partial charge in [-0.25, -0.2) is 4.79 Å². The molecule has 3 atom stereocenters. The highest BCUT2D eigenvalue weighted by atomic mass is 16.6. The van der Waals surface area contributed by atoms with Crippen molar-refractivity contribution >= 4 is 12.0 Å². The predicted octanol–water partition coefficient (Wildman–Crippen LogP) is 5.97. The number of ether oxygens (including phenoxy) is 1. The summed E-state index contributed by atoms with van der Waals surface area (Å²) in [6.07, 6.45) is 5.61. The van der Waals surface area contributed by atoms with Gasteiger partial charge in [0.25, 0.3) is 0 Å². The van der Waals surface area contributed by atoms with Crippen LogP contribution < -0.4 is 10.1 Å². The Morgan fingerprint density at radius 3 is 2.18 bits per heavy atom. The molecule has 0 aliphatic heterocycles. The number of carbonyl (C=O) groups excluding carboxylic acids is 2. The minimum absolute atomic E-state index is 0.00486. The second-order valence-corrected chi connectivity index (χ2v) is 10.4. The molecule has 198 valence electrons. The molecule has 0 heterocycles. The summed E-state index contributed by atoms with van der Waals surface area (Å²) in [5.74, 6) is 0.563. The first kappa shape index (κ1) is 26.0. The van der Waals surface area contributed by atoms with Crippen molar-refractivity contribution in [2.24, 2.45) is 5.92 Å². The fourth-order valence-electron chi connectivity index (χ4n) is 5.49. The van der Waals surface area contributed by atoms with Gasteiger partial charge in [-0.2, -0.15) is 0 Å². The predicted molar refractivity (Wildman–Crippen MR) is 147 cm³/mol. The van der Waals surface area contributed by atoms with Crippen molar-refractivity contribution in [1.82, 2.24) is 10.2 Å². The Labute approximate surface area is 224 Å². The molecule has 0 saturated heterocycles. The smallest absolute Gasteiger partial charge is 0.410 e. The molecule has 0 radical (unpaired) electrons. The molecule has 3 aromatic rings. The molecule has 0 spiro atoms. The van der Waals surface area contributed by atoms with Gasteiger partial charge in [0.05, 0.1) is 12.6 Å². The second kappa shape index (κ2) is 12.3. The highest BCUT2D eigenvalue weighted by molar-refractivity contribution is 5.80. The molecule has 2 amide bonds. The molecule has 0 aromatic heterocycles. The maximum absolute atomic E-state index is 13.4. The van der Waals surface area contributed by atoms with E-state index in [2.05, 4.69) is 29.6 Å². The van der Waals surface area contributed by atoms with Crippen molar-refractivity contribution in [3.63, 3.8) is 0 Å². The summed E-state index contributed by atoms with van der Waals surface area (Å²) < 4.78 is 5.61. The van der Waals surface area contributed by atoms with Gasteiger partial charge in [-0.05, 0) is 60.4 Å². The van der Waals surface area contributed by atoms with Crippen LogP contribution >= 0.6 is 0 Å². The molecule has 2 aliphatic rings. The number of hydrogen-bond acceptors (Lipinski definition) is 4. The number of hydrogen-bond donors (Lipinski definition) is 2. The van der Waals surface area contributed by atoms with Crippen molar-refractivity contribution in [1.29, 1.82) is 0 Å². The fourth-order valence-corrected chi connectivity index (χ4v) is 5.49. The van der Waals surface area contributed by atoms with Gasteiger partial charge < -0.3 is 20.1 Å². The summed E-state index contributed by atoms with van der Waals surface area (Å²) in [5.41, 5.74) is 3.11. The van der Waals surface area contributed by atoms with E-state index in [0.717, 1.165) is 55.2 Å². The third-order valence-corrected chi connectivity index (χ3v) is 7.74. The quantitative estimate of drug-likeness (QED) is 0.370. The number of para-hydroxylation sites is 1. The SMILES string of the molecule is O=C(NC(CO)c1ccccc1)C1CCCCC1c1ccc(CN(C(=O)Oc2ccccc2)C2CC2)cc1. The maximum atomic E-state index is 13.4. The van der Waals surface area contributed by atoms with E-state index in [9.17, 15) is 14.7 Å². The molecule has 3 unspecified atom stereocenters. The summed E-state index contributed by atoms with van der Waals surface area (Å²) >= 11 is 0. The number of carbonyl (C=O) groups is 2. The van der Waals surface area contributed by atoms with E-state index in [4.69, 9.17) is 4.74 Å². The summed E-state index contributed by atoms with van der Waals surface area (Å²) in [6, 6.07) is 27.0. The number of aliphatic hydroxyl groups excluding tert-OH is 1. The van der Waals surface area contributed by atoms with E-state index in [1.807, 2.05) is 53.4 Å². The van der Waals surface area contributed by atoms with Gasteiger partial charge in [-0.1, -0.05) is 85.6 Å². The second-order valence-electron chi connectivity index (χ2n) is 10.4. The molecule has 5 rings (SSSR count). The zero-order valence-electron chi connectivity index (χ0n) is 21.7. The molecular weight excluding hydrogens is 476 g/mol. The van der Waals surface area contributed by atoms with Gasteiger partial charge in [0, 0.05) is 18.5 Å². The van der Waals surface area contributed by atoms with Crippen LogP contribution in [0.4, 0.5) is 4.79 Å². The highest BCUT2D eigenvalue weighted by Crippen LogP contribution is 2.39. The Kier molecular flexibility index (Phi) is 8.39. The van der Waals surface area contributed by atoms with E-state index in [1.54, 1.807) is 12.1 Å². The van der Waals surface area contributed by atoms with Crippen LogP contribution in [0.15, 0.2) is 84.9 Å². The summed E-state index contributed by atoms with van der Waals surface area (Å²) in [6.45, 7) is 0.368. The van der Waals surface area contributed by atoms with Crippen molar-refractivity contribution in [3.05, 3.63) is 102 Å². The van der Waals surface area contributed by atoms with Gasteiger partial charge in [0.1, 0.15) is 5.75 Å². The topological polar surface area (TPSA) is 78.9 Å². The van der Waals surface area contributed by atoms with Crippen molar-refractivity contribution in [2.45, 2.75) is 63.1 Å². The minimum Gasteiger partial charge on any atom is -0.410 e. The third kappa shape index (κ3) is 6.43. The Bertz CT molecular complexity index is 1200. The molecule has 38 heavy (non-hydrogen) atoms. The van der Waals surface area contributed by atoms with Crippen LogP contribution in [0.3, 0.4) is 0 Å². The van der Waals surface area contributed by atoms with Crippen LogP contribution in [0, 0.1) is 5.92 Å². The number of aliphatic hydroxyl groups is 1. The van der Waals surface area contributed by atoms with Gasteiger partial charge in [-0.15, -0.1) is 0 Å². The molecule has 2 N–H and O–H groups in total. The molecule has 2 fully saturated rings. The summed E-state index contributed by atoms with van der Waals surface area (Å²) in [7, 11) is 0. The molecular formula is C32H36N2O4. The molecule has 6 heteroatoms. The number of nitrogens with one attached hydrogen (secondary N) is 1. The van der Waals surface area contributed by atoms with Crippen LogP contribution in [0.2, 0.25) is 0 Å². The molecule has 2 aliphatic carbocycles. The lowest BCUT2D eigenvalue weighted by Gasteiger charge is -2.32. The molecule has 2 saturated carbocycles. The van der Waals surface area contributed by atoms with E-state index < -0.39 is 6.04 Å².